The number of halogens is 2. The zero-order valence-corrected chi connectivity index (χ0v) is 13.7. The quantitative estimate of drug-likeness (QED) is 0.791. The van der Waals surface area contributed by atoms with Gasteiger partial charge in [0.2, 0.25) is 5.82 Å². The molecule has 0 radical (unpaired) electrons. The standard InChI is InChI=1S/C18H16F2N4O/c1-11(13-3-5-14(19)6-4-13)21-18(25)17-22-12(2)24(23-17)16-9-7-15(20)8-10-16/h3-11H,1-2H3,(H,21,25). The number of nitrogens with one attached hydrogen (secondary N) is 1. The van der Waals surface area contributed by atoms with Gasteiger partial charge in [-0.2, -0.15) is 0 Å². The Morgan fingerprint density at radius 3 is 2.20 bits per heavy atom. The van der Waals surface area contributed by atoms with Crippen LogP contribution in [0.3, 0.4) is 0 Å². The Hall–Kier alpha value is -3.09. The maximum atomic E-state index is 13.0. The monoisotopic (exact) mass is 342 g/mol. The number of rotatable bonds is 4. The second kappa shape index (κ2) is 6.80. The van der Waals surface area contributed by atoms with Gasteiger partial charge in [-0.1, -0.05) is 12.1 Å². The molecule has 1 aromatic heterocycles. The molecule has 0 bridgehead atoms. The van der Waals surface area contributed by atoms with Gasteiger partial charge in [0.1, 0.15) is 17.5 Å². The zero-order chi connectivity index (χ0) is 18.0. The molecule has 3 rings (SSSR count). The maximum Gasteiger partial charge on any atom is 0.291 e. The summed E-state index contributed by atoms with van der Waals surface area (Å²) in [6.45, 7) is 3.49. The van der Waals surface area contributed by atoms with Gasteiger partial charge in [0.15, 0.2) is 0 Å². The number of carbonyl (C=O) groups is 1. The van der Waals surface area contributed by atoms with Crippen LogP contribution in [-0.4, -0.2) is 20.7 Å². The lowest BCUT2D eigenvalue weighted by molar-refractivity contribution is 0.0929. The molecule has 0 aliphatic rings. The fourth-order valence-electron chi connectivity index (χ4n) is 2.41. The van der Waals surface area contributed by atoms with Crippen LogP contribution in [-0.2, 0) is 0 Å². The van der Waals surface area contributed by atoms with Gasteiger partial charge in [-0.3, -0.25) is 4.79 Å². The fraction of sp³-hybridized carbons (Fsp3) is 0.167. The first-order valence-corrected chi connectivity index (χ1v) is 7.70. The van der Waals surface area contributed by atoms with Gasteiger partial charge in [-0.25, -0.2) is 18.4 Å². The molecule has 7 heteroatoms. The smallest absolute Gasteiger partial charge is 0.291 e. The Morgan fingerprint density at radius 2 is 1.60 bits per heavy atom. The van der Waals surface area contributed by atoms with Crippen LogP contribution in [0.15, 0.2) is 48.5 Å². The molecule has 1 amide bonds. The van der Waals surface area contributed by atoms with Crippen molar-refractivity contribution in [2.24, 2.45) is 0 Å². The molecule has 1 atom stereocenters. The third kappa shape index (κ3) is 3.71. The summed E-state index contributed by atoms with van der Waals surface area (Å²) in [7, 11) is 0. The van der Waals surface area contributed by atoms with Crippen molar-refractivity contribution in [1.82, 2.24) is 20.1 Å². The first-order valence-electron chi connectivity index (χ1n) is 7.70. The first kappa shape index (κ1) is 16.8. The largest absolute Gasteiger partial charge is 0.343 e. The normalized spacial score (nSPS) is 12.0. The number of hydrogen-bond donors (Lipinski definition) is 1. The van der Waals surface area contributed by atoms with E-state index in [0.717, 1.165) is 5.56 Å². The minimum atomic E-state index is -0.444. The highest BCUT2D eigenvalue weighted by Crippen LogP contribution is 2.14. The van der Waals surface area contributed by atoms with Gasteiger partial charge in [0.25, 0.3) is 5.91 Å². The van der Waals surface area contributed by atoms with Crippen molar-refractivity contribution in [2.45, 2.75) is 19.9 Å². The molecule has 0 aliphatic carbocycles. The molecule has 5 nitrogen and oxygen atoms in total. The van der Waals surface area contributed by atoms with E-state index in [2.05, 4.69) is 15.4 Å². The van der Waals surface area contributed by atoms with E-state index >= 15 is 0 Å². The molecule has 0 aliphatic heterocycles. The molecular formula is C18H16F2N4O. The van der Waals surface area contributed by atoms with Crippen LogP contribution in [0.25, 0.3) is 5.69 Å². The molecule has 25 heavy (non-hydrogen) atoms. The summed E-state index contributed by atoms with van der Waals surface area (Å²) in [4.78, 5) is 16.5. The van der Waals surface area contributed by atoms with Gasteiger partial charge >= 0.3 is 0 Å². The number of aromatic nitrogens is 3. The van der Waals surface area contributed by atoms with E-state index in [1.807, 2.05) is 0 Å². The van der Waals surface area contributed by atoms with Crippen molar-refractivity contribution in [2.75, 3.05) is 0 Å². The number of amides is 1. The summed E-state index contributed by atoms with van der Waals surface area (Å²) in [5.74, 6) is -0.618. The van der Waals surface area contributed by atoms with Crippen molar-refractivity contribution >= 4 is 5.91 Å². The van der Waals surface area contributed by atoms with Crippen LogP contribution in [0.5, 0.6) is 0 Å². The van der Waals surface area contributed by atoms with E-state index in [0.29, 0.717) is 11.5 Å². The molecule has 1 heterocycles. The van der Waals surface area contributed by atoms with Gasteiger partial charge < -0.3 is 5.32 Å². The molecule has 0 saturated heterocycles. The summed E-state index contributed by atoms with van der Waals surface area (Å²) >= 11 is 0. The number of carbonyl (C=O) groups excluding carboxylic acids is 1. The lowest BCUT2D eigenvalue weighted by atomic mass is 10.1. The number of nitrogens with zero attached hydrogens (tertiary/aromatic N) is 3. The van der Waals surface area contributed by atoms with Crippen LogP contribution < -0.4 is 5.32 Å². The molecule has 128 valence electrons. The Balaban J connectivity index is 1.77. The third-order valence-electron chi connectivity index (χ3n) is 3.76. The average Bonchev–Trinajstić information content (AvgIpc) is 2.98. The van der Waals surface area contributed by atoms with Crippen LogP contribution in [0.1, 0.15) is 35.0 Å². The SMILES string of the molecule is Cc1nc(C(=O)NC(C)c2ccc(F)cc2)nn1-c1ccc(F)cc1. The molecule has 1 unspecified atom stereocenters. The topological polar surface area (TPSA) is 59.8 Å². The fourth-order valence-corrected chi connectivity index (χ4v) is 2.41. The van der Waals surface area contributed by atoms with E-state index in [9.17, 15) is 13.6 Å². The van der Waals surface area contributed by atoms with Crippen molar-refractivity contribution in [3.05, 3.63) is 77.4 Å². The molecule has 0 fully saturated rings. The van der Waals surface area contributed by atoms with Crippen LogP contribution in [0.2, 0.25) is 0 Å². The van der Waals surface area contributed by atoms with E-state index < -0.39 is 5.91 Å². The van der Waals surface area contributed by atoms with E-state index in [-0.39, 0.29) is 23.5 Å². The van der Waals surface area contributed by atoms with Gasteiger partial charge in [-0.05, 0) is 55.8 Å². The predicted octanol–water partition coefficient (Wildman–Crippen LogP) is 3.34. The van der Waals surface area contributed by atoms with Crippen LogP contribution in [0.4, 0.5) is 8.78 Å². The summed E-state index contributed by atoms with van der Waals surface area (Å²) in [6.07, 6.45) is 0. The summed E-state index contributed by atoms with van der Waals surface area (Å²) in [5.41, 5.74) is 1.38. The van der Waals surface area contributed by atoms with Crippen LogP contribution in [0, 0.1) is 18.6 Å². The third-order valence-corrected chi connectivity index (χ3v) is 3.76. The molecule has 2 aromatic carbocycles. The van der Waals surface area contributed by atoms with Crippen molar-refractivity contribution in [3.8, 4) is 5.69 Å². The van der Waals surface area contributed by atoms with Gasteiger partial charge in [0.05, 0.1) is 11.7 Å². The Morgan fingerprint density at radius 1 is 1.04 bits per heavy atom. The zero-order valence-electron chi connectivity index (χ0n) is 13.7. The Kier molecular flexibility index (Phi) is 4.56. The summed E-state index contributed by atoms with van der Waals surface area (Å²) in [6, 6.07) is 11.3. The van der Waals surface area contributed by atoms with E-state index in [1.54, 1.807) is 38.1 Å². The summed E-state index contributed by atoms with van der Waals surface area (Å²) < 4.78 is 27.5. The molecule has 0 saturated carbocycles. The van der Waals surface area contributed by atoms with Crippen molar-refractivity contribution in [1.29, 1.82) is 0 Å². The highest BCUT2D eigenvalue weighted by atomic mass is 19.1. The second-order valence-corrected chi connectivity index (χ2v) is 5.62. The van der Waals surface area contributed by atoms with Gasteiger partial charge in [-0.15, -0.1) is 5.10 Å². The second-order valence-electron chi connectivity index (χ2n) is 5.62. The molecule has 1 N–H and O–H groups in total. The summed E-state index contributed by atoms with van der Waals surface area (Å²) in [5, 5.41) is 6.95. The van der Waals surface area contributed by atoms with E-state index in [1.165, 1.54) is 28.9 Å². The predicted molar refractivity (Wildman–Crippen MR) is 88.3 cm³/mol. The molecule has 3 aromatic rings. The van der Waals surface area contributed by atoms with Crippen molar-refractivity contribution in [3.63, 3.8) is 0 Å². The van der Waals surface area contributed by atoms with Gasteiger partial charge in [0, 0.05) is 0 Å². The Labute approximate surface area is 143 Å². The number of aryl methyl sites for hydroxylation is 1. The molecular weight excluding hydrogens is 326 g/mol. The maximum absolute atomic E-state index is 13.0. The lowest BCUT2D eigenvalue weighted by Gasteiger charge is -2.12. The van der Waals surface area contributed by atoms with Crippen LogP contribution >= 0.6 is 0 Å². The highest BCUT2D eigenvalue weighted by molar-refractivity contribution is 5.90. The number of hydrogen-bond acceptors (Lipinski definition) is 3. The number of benzene rings is 2. The minimum absolute atomic E-state index is 0.00999. The van der Waals surface area contributed by atoms with E-state index in [4.69, 9.17) is 0 Å². The lowest BCUT2D eigenvalue weighted by Crippen LogP contribution is -2.27. The Bertz CT molecular complexity index is 888. The van der Waals surface area contributed by atoms with Crippen molar-refractivity contribution < 1.29 is 13.6 Å². The average molecular weight is 342 g/mol. The minimum Gasteiger partial charge on any atom is -0.343 e. The highest BCUT2D eigenvalue weighted by Gasteiger charge is 2.18. The first-order chi connectivity index (χ1) is 11.9. The molecule has 0 spiro atoms.